The molecule has 2 aliphatic heterocycles. The van der Waals surface area contributed by atoms with Gasteiger partial charge in [0, 0.05) is 30.6 Å². The van der Waals surface area contributed by atoms with Crippen molar-refractivity contribution < 1.29 is 19.1 Å². The number of fused-ring (bicyclic) bond motifs is 1. The first-order valence-corrected chi connectivity index (χ1v) is 10.8. The fraction of sp³-hybridized carbons (Fsp3) is 0.208. The van der Waals surface area contributed by atoms with Crippen molar-refractivity contribution in [1.29, 1.82) is 5.41 Å². The van der Waals surface area contributed by atoms with Crippen molar-refractivity contribution >= 4 is 34.9 Å². The van der Waals surface area contributed by atoms with Crippen LogP contribution in [-0.4, -0.2) is 47.0 Å². The molecule has 1 aromatic heterocycles. The number of nitrogens with zero attached hydrogens (tertiary/aromatic N) is 4. The van der Waals surface area contributed by atoms with Crippen molar-refractivity contribution in [2.75, 3.05) is 23.5 Å². The lowest BCUT2D eigenvalue weighted by atomic mass is 10.0. The molecule has 2 aromatic carbocycles. The molecular weight excluding hydrogens is 436 g/mol. The predicted molar refractivity (Wildman–Crippen MR) is 125 cm³/mol. The molecule has 172 valence electrons. The van der Waals surface area contributed by atoms with Gasteiger partial charge in [0.05, 0.1) is 18.5 Å². The Labute approximate surface area is 195 Å². The fourth-order valence-corrected chi connectivity index (χ4v) is 4.40. The van der Waals surface area contributed by atoms with E-state index in [1.165, 1.54) is 9.58 Å². The number of benzene rings is 2. The summed E-state index contributed by atoms with van der Waals surface area (Å²) >= 11 is 0. The minimum absolute atomic E-state index is 0.0835. The molecule has 34 heavy (non-hydrogen) atoms. The van der Waals surface area contributed by atoms with Gasteiger partial charge in [0.2, 0.25) is 5.91 Å². The van der Waals surface area contributed by atoms with Gasteiger partial charge in [-0.05, 0) is 55.0 Å². The van der Waals surface area contributed by atoms with Crippen LogP contribution in [0.4, 0.5) is 11.4 Å². The van der Waals surface area contributed by atoms with E-state index in [4.69, 9.17) is 15.9 Å². The average Bonchev–Trinajstić information content (AvgIpc) is 3.40. The number of carbonyl (C=O) groups excluding carboxylic acids is 3. The van der Waals surface area contributed by atoms with Crippen LogP contribution in [0.1, 0.15) is 39.4 Å². The van der Waals surface area contributed by atoms with Crippen LogP contribution in [0.15, 0.2) is 48.5 Å². The molecule has 2 aliphatic rings. The Kier molecular flexibility index (Phi) is 5.12. The Morgan fingerprint density at radius 1 is 0.971 bits per heavy atom. The highest BCUT2D eigenvalue weighted by Gasteiger charge is 2.35. The Hall–Kier alpha value is -4.47. The summed E-state index contributed by atoms with van der Waals surface area (Å²) in [5.41, 5.74) is 8.28. The first-order chi connectivity index (χ1) is 16.4. The predicted octanol–water partition coefficient (Wildman–Crippen LogP) is 2.29. The molecule has 3 amide bonds. The number of carbonyl (C=O) groups is 3. The molecule has 0 atom stereocenters. The van der Waals surface area contributed by atoms with E-state index in [1.54, 1.807) is 60.5 Å². The summed E-state index contributed by atoms with van der Waals surface area (Å²) in [4.78, 5) is 40.7. The molecule has 0 unspecified atom stereocenters. The number of ether oxygens (including phenoxy) is 1. The second kappa shape index (κ2) is 8.14. The molecule has 0 saturated carbocycles. The van der Waals surface area contributed by atoms with Crippen molar-refractivity contribution in [3.05, 3.63) is 65.5 Å². The summed E-state index contributed by atoms with van der Waals surface area (Å²) in [5.74, 6) is -0.197. The molecule has 0 radical (unpaired) electrons. The van der Waals surface area contributed by atoms with E-state index in [2.05, 4.69) is 5.10 Å². The lowest BCUT2D eigenvalue weighted by Gasteiger charge is -2.28. The first kappa shape index (κ1) is 21.4. The van der Waals surface area contributed by atoms with Gasteiger partial charge in [0.1, 0.15) is 17.3 Å². The number of nitrogens with one attached hydrogen (secondary N) is 1. The molecular formula is C24H22N6O4. The maximum absolute atomic E-state index is 13.6. The number of amides is 3. The zero-order valence-corrected chi connectivity index (χ0v) is 18.4. The minimum Gasteiger partial charge on any atom is -0.497 e. The van der Waals surface area contributed by atoms with Crippen LogP contribution in [0.2, 0.25) is 0 Å². The van der Waals surface area contributed by atoms with Crippen molar-refractivity contribution in [3.63, 3.8) is 0 Å². The Morgan fingerprint density at radius 2 is 1.62 bits per heavy atom. The number of primary amides is 1. The second-order valence-corrected chi connectivity index (χ2v) is 8.05. The number of hydrogen-bond donors (Lipinski definition) is 2. The zero-order valence-electron chi connectivity index (χ0n) is 18.4. The normalized spacial score (nSPS) is 15.6. The molecule has 1 saturated heterocycles. The van der Waals surface area contributed by atoms with Gasteiger partial charge in [-0.2, -0.15) is 5.10 Å². The molecule has 3 aromatic rings. The van der Waals surface area contributed by atoms with Crippen LogP contribution >= 0.6 is 0 Å². The summed E-state index contributed by atoms with van der Waals surface area (Å²) in [6.45, 7) is 0.345. The van der Waals surface area contributed by atoms with Gasteiger partial charge in [0.25, 0.3) is 11.8 Å². The summed E-state index contributed by atoms with van der Waals surface area (Å²) in [6, 6.07) is 13.9. The number of hydrogen-bond acceptors (Lipinski definition) is 6. The molecule has 1 fully saturated rings. The summed E-state index contributed by atoms with van der Waals surface area (Å²) < 4.78 is 6.65. The number of nitrogens with two attached hydrogens (primary N) is 1. The number of anilines is 2. The Balaban J connectivity index is 1.51. The van der Waals surface area contributed by atoms with E-state index in [0.717, 1.165) is 0 Å². The smallest absolute Gasteiger partial charge is 0.277 e. The summed E-state index contributed by atoms with van der Waals surface area (Å²) in [7, 11) is 1.56. The van der Waals surface area contributed by atoms with E-state index >= 15 is 0 Å². The van der Waals surface area contributed by atoms with Gasteiger partial charge in [-0.3, -0.25) is 24.7 Å². The SMILES string of the molecule is COc1ccc(-n2nc(C(N)=O)c3c2C(=O)N(c2ccc(N4C(=N)CCC4=O)cc2)CC3)cc1. The highest BCUT2D eigenvalue weighted by molar-refractivity contribution is 6.21. The maximum Gasteiger partial charge on any atom is 0.277 e. The Morgan fingerprint density at radius 3 is 2.21 bits per heavy atom. The standard InChI is InChI=1S/C24H22N6O4/c1-34-17-8-6-16(7-9-17)30-22-18(21(27-30)23(26)32)12-13-28(24(22)33)14-2-4-15(5-3-14)29-19(25)10-11-20(29)31/h2-9,25H,10-13H2,1H3,(H2,26,32). The number of methoxy groups -OCH3 is 1. The van der Waals surface area contributed by atoms with Crippen molar-refractivity contribution in [1.82, 2.24) is 9.78 Å². The van der Waals surface area contributed by atoms with Gasteiger partial charge in [-0.15, -0.1) is 0 Å². The van der Waals surface area contributed by atoms with Gasteiger partial charge in [-0.1, -0.05) is 0 Å². The van der Waals surface area contributed by atoms with Crippen LogP contribution in [0.3, 0.4) is 0 Å². The van der Waals surface area contributed by atoms with Crippen LogP contribution in [0, 0.1) is 5.41 Å². The number of amidine groups is 1. The second-order valence-electron chi connectivity index (χ2n) is 8.05. The third-order valence-corrected chi connectivity index (χ3v) is 6.08. The van der Waals surface area contributed by atoms with Crippen LogP contribution in [0.5, 0.6) is 5.75 Å². The Bertz CT molecular complexity index is 1310. The molecule has 0 aliphatic carbocycles. The van der Waals surface area contributed by atoms with Gasteiger partial charge in [-0.25, -0.2) is 4.68 Å². The quantitative estimate of drug-likeness (QED) is 0.605. The molecule has 3 N–H and O–H groups in total. The highest BCUT2D eigenvalue weighted by Crippen LogP contribution is 2.31. The average molecular weight is 458 g/mol. The van der Waals surface area contributed by atoms with E-state index in [0.29, 0.717) is 54.2 Å². The maximum atomic E-state index is 13.6. The lowest BCUT2D eigenvalue weighted by Crippen LogP contribution is -2.39. The topological polar surface area (TPSA) is 135 Å². The van der Waals surface area contributed by atoms with Crippen molar-refractivity contribution in [3.8, 4) is 11.4 Å². The molecule has 10 nitrogen and oxygen atoms in total. The zero-order chi connectivity index (χ0) is 24.0. The number of rotatable bonds is 5. The van der Waals surface area contributed by atoms with Crippen LogP contribution < -0.4 is 20.3 Å². The molecule has 3 heterocycles. The third-order valence-electron chi connectivity index (χ3n) is 6.08. The highest BCUT2D eigenvalue weighted by atomic mass is 16.5. The van der Waals surface area contributed by atoms with Gasteiger partial charge in [0.15, 0.2) is 5.69 Å². The molecule has 0 bridgehead atoms. The van der Waals surface area contributed by atoms with Crippen LogP contribution in [0.25, 0.3) is 5.69 Å². The minimum atomic E-state index is -0.688. The summed E-state index contributed by atoms with van der Waals surface area (Å²) in [5, 5.41) is 12.4. The number of aromatic nitrogens is 2. The third kappa shape index (κ3) is 3.40. The largest absolute Gasteiger partial charge is 0.497 e. The van der Waals surface area contributed by atoms with Crippen molar-refractivity contribution in [2.45, 2.75) is 19.3 Å². The van der Waals surface area contributed by atoms with E-state index in [-0.39, 0.29) is 29.0 Å². The lowest BCUT2D eigenvalue weighted by molar-refractivity contribution is -0.116. The van der Waals surface area contributed by atoms with Crippen LogP contribution in [-0.2, 0) is 11.2 Å². The first-order valence-electron chi connectivity index (χ1n) is 10.8. The molecule has 0 spiro atoms. The van der Waals surface area contributed by atoms with E-state index < -0.39 is 5.91 Å². The fourth-order valence-electron chi connectivity index (χ4n) is 4.40. The van der Waals surface area contributed by atoms with E-state index in [1.807, 2.05) is 0 Å². The van der Waals surface area contributed by atoms with E-state index in [9.17, 15) is 14.4 Å². The monoisotopic (exact) mass is 458 g/mol. The molecule has 10 heteroatoms. The molecule has 5 rings (SSSR count). The van der Waals surface area contributed by atoms with Gasteiger partial charge < -0.3 is 15.4 Å². The van der Waals surface area contributed by atoms with Gasteiger partial charge >= 0.3 is 0 Å². The van der Waals surface area contributed by atoms with Crippen molar-refractivity contribution in [2.24, 2.45) is 5.73 Å². The summed E-state index contributed by atoms with van der Waals surface area (Å²) in [6.07, 6.45) is 1.16.